The van der Waals surface area contributed by atoms with Gasteiger partial charge in [-0.3, -0.25) is 9.59 Å². The fourth-order valence-corrected chi connectivity index (χ4v) is 2.22. The predicted molar refractivity (Wildman–Crippen MR) is 89.5 cm³/mol. The second-order valence-electron chi connectivity index (χ2n) is 6.28. The quantitative estimate of drug-likeness (QED) is 0.733. The number of carbonyl (C=O) groups excluding carboxylic acids is 1. The highest BCUT2D eigenvalue weighted by molar-refractivity contribution is 5.77. The molecule has 1 rings (SSSR count). The van der Waals surface area contributed by atoms with Crippen molar-refractivity contribution in [3.63, 3.8) is 0 Å². The van der Waals surface area contributed by atoms with Crippen LogP contribution in [0, 0.1) is 17.8 Å². The van der Waals surface area contributed by atoms with Crippen molar-refractivity contribution in [1.29, 1.82) is 0 Å². The normalized spacial score (nSPS) is 13.4. The average Bonchev–Trinajstić information content (AvgIpc) is 2.51. The van der Waals surface area contributed by atoms with Crippen LogP contribution in [0.4, 0.5) is 0 Å². The molecule has 0 aromatic heterocycles. The second kappa shape index (κ2) is 9.18. The number of carboxylic acids is 1. The minimum Gasteiger partial charge on any atom is -0.496 e. The summed E-state index contributed by atoms with van der Waals surface area (Å²) in [5, 5.41) is 12.1. The number of carbonyl (C=O) groups is 2. The molecule has 23 heavy (non-hydrogen) atoms. The molecule has 5 heteroatoms. The molecule has 0 saturated heterocycles. The zero-order valence-electron chi connectivity index (χ0n) is 14.3. The van der Waals surface area contributed by atoms with Crippen LogP contribution in [0.15, 0.2) is 24.3 Å². The topological polar surface area (TPSA) is 75.6 Å². The SMILES string of the molecule is COc1ccccc1CC(CNC(=O)CC(C)C(C)C)C(=O)O. The van der Waals surface area contributed by atoms with Gasteiger partial charge in [0.05, 0.1) is 13.0 Å². The molecule has 0 aliphatic rings. The van der Waals surface area contributed by atoms with Crippen molar-refractivity contribution in [3.8, 4) is 5.75 Å². The summed E-state index contributed by atoms with van der Waals surface area (Å²) < 4.78 is 5.25. The third kappa shape index (κ3) is 6.30. The Morgan fingerprint density at radius 3 is 2.43 bits per heavy atom. The van der Waals surface area contributed by atoms with E-state index < -0.39 is 11.9 Å². The van der Waals surface area contributed by atoms with Gasteiger partial charge >= 0.3 is 5.97 Å². The molecule has 0 saturated carbocycles. The van der Waals surface area contributed by atoms with Gasteiger partial charge in [-0.25, -0.2) is 0 Å². The Balaban J connectivity index is 2.62. The van der Waals surface area contributed by atoms with Gasteiger partial charge in [0.1, 0.15) is 5.75 Å². The van der Waals surface area contributed by atoms with Crippen LogP contribution < -0.4 is 10.1 Å². The van der Waals surface area contributed by atoms with Gasteiger partial charge in [-0.1, -0.05) is 39.0 Å². The van der Waals surface area contributed by atoms with E-state index in [0.29, 0.717) is 24.5 Å². The van der Waals surface area contributed by atoms with Gasteiger partial charge in [0.15, 0.2) is 0 Å². The van der Waals surface area contributed by atoms with E-state index in [0.717, 1.165) is 5.56 Å². The monoisotopic (exact) mass is 321 g/mol. The number of methoxy groups -OCH3 is 1. The van der Waals surface area contributed by atoms with E-state index in [-0.39, 0.29) is 18.4 Å². The summed E-state index contributed by atoms with van der Waals surface area (Å²) in [4.78, 5) is 23.4. The van der Waals surface area contributed by atoms with Crippen molar-refractivity contribution in [2.24, 2.45) is 17.8 Å². The molecule has 1 aromatic carbocycles. The van der Waals surface area contributed by atoms with Gasteiger partial charge in [0, 0.05) is 13.0 Å². The summed E-state index contributed by atoms with van der Waals surface area (Å²) in [5.74, 6) is -0.342. The van der Waals surface area contributed by atoms with Crippen LogP contribution in [0.1, 0.15) is 32.8 Å². The van der Waals surface area contributed by atoms with Crippen LogP contribution in [-0.4, -0.2) is 30.6 Å². The molecule has 0 radical (unpaired) electrons. The Kier molecular flexibility index (Phi) is 7.59. The summed E-state index contributed by atoms with van der Waals surface area (Å²) in [5.41, 5.74) is 0.826. The van der Waals surface area contributed by atoms with Crippen LogP contribution in [-0.2, 0) is 16.0 Å². The summed E-state index contributed by atoms with van der Waals surface area (Å²) in [7, 11) is 1.56. The third-order valence-electron chi connectivity index (χ3n) is 4.20. The van der Waals surface area contributed by atoms with Crippen molar-refractivity contribution in [3.05, 3.63) is 29.8 Å². The molecule has 2 unspecified atom stereocenters. The van der Waals surface area contributed by atoms with Gasteiger partial charge in [-0.15, -0.1) is 0 Å². The van der Waals surface area contributed by atoms with Crippen molar-refractivity contribution >= 4 is 11.9 Å². The zero-order chi connectivity index (χ0) is 17.4. The number of nitrogens with one attached hydrogen (secondary N) is 1. The molecule has 2 N–H and O–H groups in total. The minimum atomic E-state index is -0.923. The molecule has 2 atom stereocenters. The van der Waals surface area contributed by atoms with Gasteiger partial charge in [-0.05, 0) is 29.9 Å². The van der Waals surface area contributed by atoms with Gasteiger partial charge in [-0.2, -0.15) is 0 Å². The highest BCUT2D eigenvalue weighted by Crippen LogP contribution is 2.21. The number of rotatable bonds is 9. The molecule has 0 spiro atoms. The first-order valence-electron chi connectivity index (χ1n) is 7.96. The number of para-hydroxylation sites is 1. The Morgan fingerprint density at radius 2 is 1.87 bits per heavy atom. The van der Waals surface area contributed by atoms with Crippen LogP contribution in [0.2, 0.25) is 0 Å². The molecule has 1 aromatic rings. The van der Waals surface area contributed by atoms with E-state index in [4.69, 9.17) is 4.74 Å². The van der Waals surface area contributed by atoms with E-state index in [1.165, 1.54) is 0 Å². The maximum absolute atomic E-state index is 11.9. The Hall–Kier alpha value is -2.04. The molecule has 0 heterocycles. The fraction of sp³-hybridized carbons (Fsp3) is 0.556. The number of aliphatic carboxylic acids is 1. The van der Waals surface area contributed by atoms with E-state index in [2.05, 4.69) is 19.2 Å². The van der Waals surface area contributed by atoms with Crippen molar-refractivity contribution in [2.75, 3.05) is 13.7 Å². The first kappa shape index (κ1) is 19.0. The molecule has 0 fully saturated rings. The number of benzene rings is 1. The van der Waals surface area contributed by atoms with Crippen LogP contribution in [0.25, 0.3) is 0 Å². The molecule has 5 nitrogen and oxygen atoms in total. The second-order valence-corrected chi connectivity index (χ2v) is 6.28. The molecule has 0 aliphatic carbocycles. The van der Waals surface area contributed by atoms with E-state index in [1.54, 1.807) is 13.2 Å². The van der Waals surface area contributed by atoms with Gasteiger partial charge < -0.3 is 15.2 Å². The van der Waals surface area contributed by atoms with Crippen molar-refractivity contribution in [1.82, 2.24) is 5.32 Å². The lowest BCUT2D eigenvalue weighted by Gasteiger charge is -2.18. The molecule has 0 aliphatic heterocycles. The largest absolute Gasteiger partial charge is 0.496 e. The van der Waals surface area contributed by atoms with Crippen LogP contribution >= 0.6 is 0 Å². The Morgan fingerprint density at radius 1 is 1.22 bits per heavy atom. The lowest BCUT2D eigenvalue weighted by atomic mass is 9.94. The maximum atomic E-state index is 11.9. The Bertz CT molecular complexity index is 528. The fourth-order valence-electron chi connectivity index (χ4n) is 2.22. The summed E-state index contributed by atoms with van der Waals surface area (Å²) >= 11 is 0. The first-order valence-corrected chi connectivity index (χ1v) is 7.96. The van der Waals surface area contributed by atoms with Crippen LogP contribution in [0.3, 0.4) is 0 Å². The molecule has 0 bridgehead atoms. The third-order valence-corrected chi connectivity index (χ3v) is 4.20. The molecular formula is C18H27NO4. The van der Waals surface area contributed by atoms with Crippen molar-refractivity contribution in [2.45, 2.75) is 33.6 Å². The smallest absolute Gasteiger partial charge is 0.308 e. The van der Waals surface area contributed by atoms with Crippen LogP contribution in [0.5, 0.6) is 5.75 Å². The number of hydrogen-bond donors (Lipinski definition) is 2. The highest BCUT2D eigenvalue weighted by Gasteiger charge is 2.21. The Labute approximate surface area is 138 Å². The summed E-state index contributed by atoms with van der Waals surface area (Å²) in [6.07, 6.45) is 0.734. The molecule has 128 valence electrons. The van der Waals surface area contributed by atoms with Crippen molar-refractivity contribution < 1.29 is 19.4 Å². The highest BCUT2D eigenvalue weighted by atomic mass is 16.5. The maximum Gasteiger partial charge on any atom is 0.308 e. The molecule has 1 amide bonds. The zero-order valence-corrected chi connectivity index (χ0v) is 14.3. The standard InChI is InChI=1S/C18H27NO4/c1-12(2)13(3)9-17(20)19-11-15(18(21)22)10-14-7-5-6-8-16(14)23-4/h5-8,12-13,15H,9-11H2,1-4H3,(H,19,20)(H,21,22). The lowest BCUT2D eigenvalue weighted by molar-refractivity contribution is -0.141. The van der Waals surface area contributed by atoms with E-state index in [1.807, 2.05) is 25.1 Å². The number of amides is 1. The average molecular weight is 321 g/mol. The first-order chi connectivity index (χ1) is 10.8. The summed E-state index contributed by atoms with van der Waals surface area (Å²) in [6.45, 7) is 6.28. The van der Waals surface area contributed by atoms with E-state index >= 15 is 0 Å². The lowest BCUT2D eigenvalue weighted by Crippen LogP contribution is -2.35. The molecular weight excluding hydrogens is 294 g/mol. The minimum absolute atomic E-state index is 0.0996. The summed E-state index contributed by atoms with van der Waals surface area (Å²) in [6, 6.07) is 7.33. The number of carboxylic acid groups (broad SMARTS) is 1. The van der Waals surface area contributed by atoms with Gasteiger partial charge in [0.25, 0.3) is 0 Å². The predicted octanol–water partition coefficient (Wildman–Crippen LogP) is 2.74. The number of hydrogen-bond acceptors (Lipinski definition) is 3. The number of ether oxygens (including phenoxy) is 1. The van der Waals surface area contributed by atoms with Gasteiger partial charge in [0.2, 0.25) is 5.91 Å². The van der Waals surface area contributed by atoms with E-state index in [9.17, 15) is 14.7 Å².